The van der Waals surface area contributed by atoms with Crippen LogP contribution in [-0.2, 0) is 26.0 Å². The number of carbonyl (C=O) groups excluding carboxylic acids is 2. The smallest absolute Gasteiger partial charge is 0.306 e. The Morgan fingerprint density at radius 2 is 1.96 bits per heavy atom. The lowest BCUT2D eigenvalue weighted by Gasteiger charge is -2.20. The third kappa shape index (κ3) is 8.99. The van der Waals surface area contributed by atoms with Gasteiger partial charge in [-0.2, -0.15) is 0 Å². The minimum Gasteiger partial charge on any atom is -0.457 e. The maximum atomic E-state index is 12.1. The molecule has 0 atom stereocenters. The molecule has 2 rings (SSSR count). The molecule has 152 valence electrons. The van der Waals surface area contributed by atoms with Crippen molar-refractivity contribution < 1.29 is 22.7 Å². The van der Waals surface area contributed by atoms with Crippen molar-refractivity contribution in [1.82, 2.24) is 4.72 Å². The number of Topliss-reactive ketones (excluding diaryl/α,β-unsaturated/α-hetero) is 1. The van der Waals surface area contributed by atoms with Crippen molar-refractivity contribution in [2.75, 3.05) is 19.4 Å². The van der Waals surface area contributed by atoms with Crippen LogP contribution in [0.2, 0.25) is 0 Å². The van der Waals surface area contributed by atoms with Gasteiger partial charge in [-0.3, -0.25) is 9.59 Å². The zero-order chi connectivity index (χ0) is 19.7. The number of hydrogen-bond acceptors (Lipinski definition) is 6. The van der Waals surface area contributed by atoms with E-state index in [1.54, 1.807) is 12.1 Å². The lowest BCUT2D eigenvalue weighted by atomic mass is 9.86. The Balaban J connectivity index is 1.63. The van der Waals surface area contributed by atoms with E-state index in [9.17, 15) is 18.0 Å². The molecule has 0 radical (unpaired) electrons. The molecule has 0 amide bonds. The summed E-state index contributed by atoms with van der Waals surface area (Å²) in [7, 11) is -3.21. The second-order valence-electron chi connectivity index (χ2n) is 7.16. The lowest BCUT2D eigenvalue weighted by Crippen LogP contribution is -2.24. The first-order chi connectivity index (χ1) is 12.8. The average Bonchev–Trinajstić information content (AvgIpc) is 3.08. The molecule has 0 bridgehead atoms. The molecule has 0 aromatic carbocycles. The molecule has 1 fully saturated rings. The summed E-state index contributed by atoms with van der Waals surface area (Å²) in [5.41, 5.74) is 0. The molecule has 1 saturated carbocycles. The third-order valence-electron chi connectivity index (χ3n) is 4.75. The van der Waals surface area contributed by atoms with Gasteiger partial charge in [0.2, 0.25) is 15.8 Å². The Kier molecular flexibility index (Phi) is 8.92. The van der Waals surface area contributed by atoms with Crippen LogP contribution < -0.4 is 4.72 Å². The van der Waals surface area contributed by atoms with Crippen LogP contribution in [-0.4, -0.2) is 39.6 Å². The van der Waals surface area contributed by atoms with Crippen molar-refractivity contribution in [1.29, 1.82) is 0 Å². The number of thiophene rings is 1. The molecule has 1 aromatic rings. The number of sulfonamides is 1. The van der Waals surface area contributed by atoms with Crippen LogP contribution in [0.15, 0.2) is 12.1 Å². The van der Waals surface area contributed by atoms with Crippen LogP contribution in [0.4, 0.5) is 0 Å². The topological polar surface area (TPSA) is 89.5 Å². The van der Waals surface area contributed by atoms with Crippen LogP contribution in [0.3, 0.4) is 0 Å². The molecule has 6 nitrogen and oxygen atoms in total. The molecule has 1 aromatic heterocycles. The number of carbonyl (C=O) groups is 2. The van der Waals surface area contributed by atoms with E-state index in [1.165, 1.54) is 43.4 Å². The number of ketones is 1. The fourth-order valence-electron chi connectivity index (χ4n) is 3.32. The second kappa shape index (κ2) is 10.9. The van der Waals surface area contributed by atoms with E-state index in [4.69, 9.17) is 4.74 Å². The van der Waals surface area contributed by atoms with Crippen molar-refractivity contribution in [3.05, 3.63) is 21.9 Å². The Bertz CT molecular complexity index is 720. The van der Waals surface area contributed by atoms with Crippen LogP contribution in [0.25, 0.3) is 0 Å². The highest BCUT2D eigenvalue weighted by Gasteiger charge is 2.15. The number of nitrogens with one attached hydrogen (secondary N) is 1. The van der Waals surface area contributed by atoms with Crippen molar-refractivity contribution in [2.45, 2.75) is 57.8 Å². The predicted molar refractivity (Wildman–Crippen MR) is 107 cm³/mol. The molecular weight excluding hydrogens is 386 g/mol. The average molecular weight is 416 g/mol. The highest BCUT2D eigenvalue weighted by atomic mass is 32.2. The van der Waals surface area contributed by atoms with Crippen molar-refractivity contribution in [3.8, 4) is 0 Å². The lowest BCUT2D eigenvalue weighted by molar-refractivity contribution is -0.142. The summed E-state index contributed by atoms with van der Waals surface area (Å²) in [5.74, 6) is 0.214. The SMILES string of the molecule is CS(=O)(=O)NCCc1ccc(C(=O)COC(=O)CCCC2CCCCC2)s1. The van der Waals surface area contributed by atoms with Gasteiger partial charge in [0.05, 0.1) is 11.1 Å². The Morgan fingerprint density at radius 3 is 2.67 bits per heavy atom. The van der Waals surface area contributed by atoms with E-state index in [0.717, 1.165) is 29.9 Å². The number of esters is 1. The summed E-state index contributed by atoms with van der Waals surface area (Å²) < 4.78 is 29.6. The van der Waals surface area contributed by atoms with Crippen LogP contribution in [0.5, 0.6) is 0 Å². The predicted octanol–water partition coefficient (Wildman–Crippen LogP) is 3.32. The number of ether oxygens (including phenoxy) is 1. The van der Waals surface area contributed by atoms with Gasteiger partial charge < -0.3 is 4.74 Å². The Hall–Kier alpha value is -1.25. The fourth-order valence-corrected chi connectivity index (χ4v) is 4.73. The fraction of sp³-hybridized carbons (Fsp3) is 0.684. The monoisotopic (exact) mass is 415 g/mol. The standard InChI is InChI=1S/C19H29NO5S2/c1-27(23,24)20-13-12-16-10-11-18(26-16)17(21)14-25-19(22)9-5-8-15-6-3-2-4-7-15/h10-11,15,20H,2-9,12-14H2,1H3. The first kappa shape index (κ1) is 22.0. The molecule has 1 heterocycles. The van der Waals surface area contributed by atoms with E-state index in [1.807, 2.05) is 0 Å². The summed E-state index contributed by atoms with van der Waals surface area (Å²) in [6.45, 7) is 0.0623. The molecule has 1 aliphatic rings. The van der Waals surface area contributed by atoms with Crippen LogP contribution in [0, 0.1) is 5.92 Å². The van der Waals surface area contributed by atoms with Gasteiger partial charge in [0.15, 0.2) is 6.61 Å². The molecule has 0 aliphatic heterocycles. The van der Waals surface area contributed by atoms with Gasteiger partial charge in [0.25, 0.3) is 0 Å². The van der Waals surface area contributed by atoms with Crippen LogP contribution in [0.1, 0.15) is 65.9 Å². The zero-order valence-electron chi connectivity index (χ0n) is 15.9. The first-order valence-corrected chi connectivity index (χ1v) is 12.3. The molecule has 1 aliphatic carbocycles. The van der Waals surface area contributed by atoms with Gasteiger partial charge in [-0.15, -0.1) is 11.3 Å². The number of rotatable bonds is 11. The number of hydrogen-bond donors (Lipinski definition) is 1. The first-order valence-electron chi connectivity index (χ1n) is 9.55. The molecule has 0 spiro atoms. The van der Waals surface area contributed by atoms with E-state index in [0.29, 0.717) is 24.3 Å². The zero-order valence-corrected chi connectivity index (χ0v) is 17.5. The summed E-state index contributed by atoms with van der Waals surface area (Å²) >= 11 is 1.30. The molecular formula is C19H29NO5S2. The Morgan fingerprint density at radius 1 is 1.22 bits per heavy atom. The van der Waals surface area contributed by atoms with Crippen LogP contribution >= 0.6 is 11.3 Å². The largest absolute Gasteiger partial charge is 0.457 e. The highest BCUT2D eigenvalue weighted by molar-refractivity contribution is 7.88. The van der Waals surface area contributed by atoms with E-state index in [2.05, 4.69) is 4.72 Å². The highest BCUT2D eigenvalue weighted by Crippen LogP contribution is 2.27. The van der Waals surface area contributed by atoms with Crippen molar-refractivity contribution in [2.24, 2.45) is 5.92 Å². The van der Waals surface area contributed by atoms with Gasteiger partial charge in [-0.25, -0.2) is 13.1 Å². The normalized spacial score (nSPS) is 15.6. The molecule has 0 saturated heterocycles. The van der Waals surface area contributed by atoms with Gasteiger partial charge >= 0.3 is 5.97 Å². The van der Waals surface area contributed by atoms with Crippen molar-refractivity contribution in [3.63, 3.8) is 0 Å². The van der Waals surface area contributed by atoms with Gasteiger partial charge in [-0.05, 0) is 37.3 Å². The maximum Gasteiger partial charge on any atom is 0.306 e. The van der Waals surface area contributed by atoms with E-state index in [-0.39, 0.29) is 18.4 Å². The molecule has 0 unspecified atom stereocenters. The summed E-state index contributed by atoms with van der Waals surface area (Å²) in [6.07, 6.45) is 10.4. The quantitative estimate of drug-likeness (QED) is 0.442. The van der Waals surface area contributed by atoms with E-state index < -0.39 is 10.0 Å². The molecule has 27 heavy (non-hydrogen) atoms. The summed E-state index contributed by atoms with van der Waals surface area (Å²) in [6, 6.07) is 3.49. The van der Waals surface area contributed by atoms with Gasteiger partial charge in [0, 0.05) is 17.8 Å². The maximum absolute atomic E-state index is 12.1. The molecule has 8 heteroatoms. The van der Waals surface area contributed by atoms with Crippen molar-refractivity contribution >= 4 is 33.1 Å². The van der Waals surface area contributed by atoms with Gasteiger partial charge in [-0.1, -0.05) is 32.1 Å². The second-order valence-corrected chi connectivity index (χ2v) is 10.2. The third-order valence-corrected chi connectivity index (χ3v) is 6.67. The van der Waals surface area contributed by atoms with E-state index >= 15 is 0 Å². The van der Waals surface area contributed by atoms with Gasteiger partial charge in [0.1, 0.15) is 0 Å². The summed E-state index contributed by atoms with van der Waals surface area (Å²) in [4.78, 5) is 25.4. The minimum atomic E-state index is -3.21. The minimum absolute atomic E-state index is 0.219. The Labute approximate surface area is 165 Å². The summed E-state index contributed by atoms with van der Waals surface area (Å²) in [5, 5.41) is 0. The molecule has 1 N–H and O–H groups in total.